The first-order valence-corrected chi connectivity index (χ1v) is 6.37. The van der Waals surface area contributed by atoms with Gasteiger partial charge in [0.05, 0.1) is 11.0 Å². The summed E-state index contributed by atoms with van der Waals surface area (Å²) in [5.41, 5.74) is 8.26. The Hall–Kier alpha value is -2.24. The van der Waals surface area contributed by atoms with Crippen molar-refractivity contribution in [2.24, 2.45) is 0 Å². The first-order chi connectivity index (χ1) is 9.11. The zero-order chi connectivity index (χ0) is 13.4. The molecular formula is C13H17N5O. The van der Waals surface area contributed by atoms with E-state index in [1.165, 1.54) is 0 Å². The minimum absolute atomic E-state index is 0.204. The van der Waals surface area contributed by atoms with Gasteiger partial charge in [-0.1, -0.05) is 0 Å². The lowest BCUT2D eigenvalue weighted by Crippen LogP contribution is -2.43. The van der Waals surface area contributed by atoms with Gasteiger partial charge in [-0.25, -0.2) is 4.98 Å². The van der Waals surface area contributed by atoms with Gasteiger partial charge in [0.15, 0.2) is 0 Å². The molecule has 2 aromatic rings. The molecule has 1 aliphatic rings. The van der Waals surface area contributed by atoms with Crippen LogP contribution in [0.3, 0.4) is 0 Å². The standard InChI is InChI=1S/C13H17N5O/c1-18-7-9(3-5-12(18)19)15-13-16-10-4-2-8(14)6-11(10)17-13/h2,4,6,9H,3,5,7,14H2,1H3,(H2,15,16,17). The highest BCUT2D eigenvalue weighted by Crippen LogP contribution is 2.19. The second-order valence-corrected chi connectivity index (χ2v) is 5.02. The number of piperidine rings is 1. The van der Waals surface area contributed by atoms with E-state index in [0.717, 1.165) is 23.4 Å². The van der Waals surface area contributed by atoms with Crippen molar-refractivity contribution in [3.63, 3.8) is 0 Å². The Kier molecular flexibility index (Phi) is 2.77. The number of amides is 1. The lowest BCUT2D eigenvalue weighted by atomic mass is 10.1. The summed E-state index contributed by atoms with van der Waals surface area (Å²) in [7, 11) is 1.83. The maximum Gasteiger partial charge on any atom is 0.222 e. The number of nitrogen functional groups attached to an aromatic ring is 1. The minimum atomic E-state index is 0.204. The maximum absolute atomic E-state index is 11.4. The number of H-pyrrole nitrogens is 1. The van der Waals surface area contributed by atoms with E-state index in [0.29, 0.717) is 18.7 Å². The Morgan fingerprint density at radius 2 is 2.37 bits per heavy atom. The van der Waals surface area contributed by atoms with Crippen molar-refractivity contribution in [1.82, 2.24) is 14.9 Å². The number of aromatic nitrogens is 2. The normalized spacial score (nSPS) is 19.9. The van der Waals surface area contributed by atoms with Gasteiger partial charge in [-0.15, -0.1) is 0 Å². The second-order valence-electron chi connectivity index (χ2n) is 5.02. The van der Waals surface area contributed by atoms with Crippen LogP contribution in [-0.2, 0) is 4.79 Å². The maximum atomic E-state index is 11.4. The van der Waals surface area contributed by atoms with Gasteiger partial charge in [-0.05, 0) is 24.6 Å². The molecule has 19 heavy (non-hydrogen) atoms. The predicted octanol–water partition coefficient (Wildman–Crippen LogP) is 1.18. The summed E-state index contributed by atoms with van der Waals surface area (Å²) in [6.07, 6.45) is 1.42. The number of benzene rings is 1. The van der Waals surface area contributed by atoms with Crippen molar-refractivity contribution in [1.29, 1.82) is 0 Å². The van der Waals surface area contributed by atoms with Crippen molar-refractivity contribution in [3.8, 4) is 0 Å². The van der Waals surface area contributed by atoms with Crippen LogP contribution in [0, 0.1) is 0 Å². The highest BCUT2D eigenvalue weighted by Gasteiger charge is 2.23. The van der Waals surface area contributed by atoms with Crippen LogP contribution in [-0.4, -0.2) is 40.4 Å². The molecular weight excluding hydrogens is 242 g/mol. The molecule has 1 aliphatic heterocycles. The highest BCUT2D eigenvalue weighted by atomic mass is 16.2. The molecule has 1 saturated heterocycles. The van der Waals surface area contributed by atoms with Gasteiger partial charge in [0.1, 0.15) is 0 Å². The molecule has 100 valence electrons. The molecule has 6 heteroatoms. The molecule has 1 amide bonds. The molecule has 2 heterocycles. The largest absolute Gasteiger partial charge is 0.399 e. The molecule has 0 bridgehead atoms. The number of likely N-dealkylation sites (tertiary alicyclic amines) is 1. The predicted molar refractivity (Wildman–Crippen MR) is 74.8 cm³/mol. The zero-order valence-electron chi connectivity index (χ0n) is 10.8. The Labute approximate surface area is 111 Å². The van der Waals surface area contributed by atoms with E-state index >= 15 is 0 Å². The third-order valence-corrected chi connectivity index (χ3v) is 3.47. The number of nitrogens with two attached hydrogens (primary N) is 1. The number of imidazole rings is 1. The number of carbonyl (C=O) groups excluding carboxylic acids is 1. The molecule has 1 unspecified atom stereocenters. The van der Waals surface area contributed by atoms with Gasteiger partial charge in [0.2, 0.25) is 11.9 Å². The van der Waals surface area contributed by atoms with Crippen LogP contribution >= 0.6 is 0 Å². The third kappa shape index (κ3) is 2.33. The highest BCUT2D eigenvalue weighted by molar-refractivity contribution is 5.81. The van der Waals surface area contributed by atoms with Gasteiger partial charge in [-0.2, -0.15) is 0 Å². The fourth-order valence-corrected chi connectivity index (χ4v) is 2.42. The van der Waals surface area contributed by atoms with Crippen LogP contribution < -0.4 is 11.1 Å². The van der Waals surface area contributed by atoms with E-state index in [1.54, 1.807) is 4.90 Å². The number of likely N-dealkylation sites (N-methyl/N-ethyl adjacent to an activating group) is 1. The third-order valence-electron chi connectivity index (χ3n) is 3.47. The zero-order valence-corrected chi connectivity index (χ0v) is 10.8. The van der Waals surface area contributed by atoms with Crippen LogP contribution in [0.2, 0.25) is 0 Å². The number of anilines is 2. The van der Waals surface area contributed by atoms with Crippen molar-refractivity contribution >= 4 is 28.6 Å². The van der Waals surface area contributed by atoms with Gasteiger partial charge in [-0.3, -0.25) is 4.79 Å². The van der Waals surface area contributed by atoms with Gasteiger partial charge >= 0.3 is 0 Å². The Morgan fingerprint density at radius 1 is 1.53 bits per heavy atom. The molecule has 4 N–H and O–H groups in total. The second kappa shape index (κ2) is 4.46. The molecule has 0 spiro atoms. The molecule has 1 aromatic heterocycles. The van der Waals surface area contributed by atoms with Crippen LogP contribution in [0.5, 0.6) is 0 Å². The van der Waals surface area contributed by atoms with Crippen molar-refractivity contribution in [2.75, 3.05) is 24.6 Å². The van der Waals surface area contributed by atoms with Gasteiger partial charge in [0.25, 0.3) is 0 Å². The summed E-state index contributed by atoms with van der Waals surface area (Å²) in [4.78, 5) is 20.9. The fourth-order valence-electron chi connectivity index (χ4n) is 2.42. The number of hydrogen-bond acceptors (Lipinski definition) is 4. The summed E-state index contributed by atoms with van der Waals surface area (Å²) < 4.78 is 0. The molecule has 0 radical (unpaired) electrons. The summed E-state index contributed by atoms with van der Waals surface area (Å²) in [6, 6.07) is 5.83. The van der Waals surface area contributed by atoms with Crippen molar-refractivity contribution in [3.05, 3.63) is 18.2 Å². The number of rotatable bonds is 2. The van der Waals surface area contributed by atoms with E-state index in [9.17, 15) is 4.79 Å². The number of hydrogen-bond donors (Lipinski definition) is 3. The van der Waals surface area contributed by atoms with Crippen LogP contribution in [0.4, 0.5) is 11.6 Å². The number of nitrogens with zero attached hydrogens (tertiary/aromatic N) is 2. The first kappa shape index (κ1) is 11.8. The molecule has 0 saturated carbocycles. The van der Waals surface area contributed by atoms with E-state index in [1.807, 2.05) is 25.2 Å². The Bertz CT molecular complexity index is 621. The van der Waals surface area contributed by atoms with Crippen LogP contribution in [0.25, 0.3) is 11.0 Å². The van der Waals surface area contributed by atoms with E-state index in [-0.39, 0.29) is 11.9 Å². The Morgan fingerprint density at radius 3 is 3.16 bits per heavy atom. The molecule has 0 aliphatic carbocycles. The number of aromatic amines is 1. The lowest BCUT2D eigenvalue weighted by Gasteiger charge is -2.29. The number of carbonyl (C=O) groups is 1. The Balaban J connectivity index is 1.76. The summed E-state index contributed by atoms with van der Waals surface area (Å²) in [5.74, 6) is 0.934. The van der Waals surface area contributed by atoms with Gasteiger partial charge in [0, 0.05) is 31.7 Å². The monoisotopic (exact) mass is 259 g/mol. The first-order valence-electron chi connectivity index (χ1n) is 6.37. The summed E-state index contributed by atoms with van der Waals surface area (Å²) >= 11 is 0. The van der Waals surface area contributed by atoms with Crippen molar-refractivity contribution in [2.45, 2.75) is 18.9 Å². The molecule has 3 rings (SSSR count). The van der Waals surface area contributed by atoms with Crippen LogP contribution in [0.1, 0.15) is 12.8 Å². The van der Waals surface area contributed by atoms with Crippen LogP contribution in [0.15, 0.2) is 18.2 Å². The van der Waals surface area contributed by atoms with E-state index in [2.05, 4.69) is 15.3 Å². The molecule has 1 aromatic carbocycles. The van der Waals surface area contributed by atoms with E-state index in [4.69, 9.17) is 5.73 Å². The smallest absolute Gasteiger partial charge is 0.222 e. The average molecular weight is 259 g/mol. The quantitative estimate of drug-likeness (QED) is 0.707. The van der Waals surface area contributed by atoms with Crippen molar-refractivity contribution < 1.29 is 4.79 Å². The number of fused-ring (bicyclic) bond motifs is 1. The summed E-state index contributed by atoms with van der Waals surface area (Å²) in [6.45, 7) is 0.706. The molecule has 1 fully saturated rings. The fraction of sp³-hybridized carbons (Fsp3) is 0.385. The lowest BCUT2D eigenvalue weighted by molar-refractivity contribution is -0.132. The SMILES string of the molecule is CN1CC(Nc2nc3ccc(N)cc3[nH]2)CCC1=O. The number of nitrogens with one attached hydrogen (secondary N) is 2. The minimum Gasteiger partial charge on any atom is -0.399 e. The molecule has 6 nitrogen and oxygen atoms in total. The molecule has 1 atom stereocenters. The summed E-state index contributed by atoms with van der Waals surface area (Å²) in [5, 5.41) is 3.34. The van der Waals surface area contributed by atoms with E-state index < -0.39 is 0 Å². The van der Waals surface area contributed by atoms with Gasteiger partial charge < -0.3 is 20.9 Å². The average Bonchev–Trinajstić information content (AvgIpc) is 2.75. The topological polar surface area (TPSA) is 87.0 Å².